The summed E-state index contributed by atoms with van der Waals surface area (Å²) in [4.78, 5) is 12.9. The summed E-state index contributed by atoms with van der Waals surface area (Å²) >= 11 is 0. The molecular weight excluding hydrogens is 324 g/mol. The Morgan fingerprint density at radius 2 is 1.88 bits per heavy atom. The molecule has 0 aromatic carbocycles. The number of pyridine rings is 1. The number of rotatable bonds is 5. The van der Waals surface area contributed by atoms with Gasteiger partial charge in [0.15, 0.2) is 0 Å². The lowest BCUT2D eigenvalue weighted by Crippen LogP contribution is -2.35. The van der Waals surface area contributed by atoms with Gasteiger partial charge in [-0.2, -0.15) is 0 Å². The fourth-order valence-electron chi connectivity index (χ4n) is 3.00. The highest BCUT2D eigenvalue weighted by Crippen LogP contribution is 2.26. The maximum Gasteiger partial charge on any atom is 0.214 e. The van der Waals surface area contributed by atoms with Crippen molar-refractivity contribution in [3.63, 3.8) is 0 Å². The number of sulfonamides is 1. The van der Waals surface area contributed by atoms with E-state index in [1.165, 1.54) is 0 Å². The molecule has 0 unspecified atom stereocenters. The van der Waals surface area contributed by atoms with E-state index >= 15 is 0 Å². The summed E-state index contributed by atoms with van der Waals surface area (Å²) in [5.74, 6) is 0.225. The molecule has 0 bridgehead atoms. The van der Waals surface area contributed by atoms with Crippen molar-refractivity contribution in [2.45, 2.75) is 32.6 Å². The summed E-state index contributed by atoms with van der Waals surface area (Å²) < 4.78 is 26.6. The first-order chi connectivity index (χ1) is 11.6. The number of unbranched alkanes of at least 4 members (excludes halogenated alkanes) is 1. The van der Waals surface area contributed by atoms with Crippen LogP contribution in [-0.4, -0.2) is 46.5 Å². The van der Waals surface area contributed by atoms with E-state index in [2.05, 4.69) is 15.0 Å². The van der Waals surface area contributed by atoms with E-state index in [4.69, 9.17) is 0 Å². The van der Waals surface area contributed by atoms with Crippen LogP contribution in [0.4, 0.5) is 0 Å². The van der Waals surface area contributed by atoms with Gasteiger partial charge in [0.2, 0.25) is 10.0 Å². The van der Waals surface area contributed by atoms with Crippen LogP contribution >= 0.6 is 0 Å². The highest BCUT2D eigenvalue weighted by molar-refractivity contribution is 7.89. The second-order valence-corrected chi connectivity index (χ2v) is 8.04. The van der Waals surface area contributed by atoms with E-state index in [1.54, 1.807) is 23.0 Å². The smallest absolute Gasteiger partial charge is 0.214 e. The van der Waals surface area contributed by atoms with Crippen LogP contribution in [0.3, 0.4) is 0 Å². The molecule has 2 aromatic heterocycles. The molecule has 0 atom stereocenters. The molecule has 3 heterocycles. The summed E-state index contributed by atoms with van der Waals surface area (Å²) in [6.07, 6.45) is 7.89. The predicted molar refractivity (Wildman–Crippen MR) is 92.9 cm³/mol. The molecule has 0 spiro atoms. The van der Waals surface area contributed by atoms with E-state index in [0.29, 0.717) is 32.4 Å². The van der Waals surface area contributed by atoms with Gasteiger partial charge in [-0.25, -0.2) is 22.7 Å². The molecule has 128 valence electrons. The van der Waals surface area contributed by atoms with Crippen molar-refractivity contribution in [3.8, 4) is 11.3 Å². The first kappa shape index (κ1) is 17.0. The van der Waals surface area contributed by atoms with Gasteiger partial charge in [-0.05, 0) is 25.0 Å². The third kappa shape index (κ3) is 3.62. The third-order valence-corrected chi connectivity index (χ3v) is 6.30. The number of hydrogen-bond donors (Lipinski definition) is 0. The quantitative estimate of drug-likeness (QED) is 0.828. The summed E-state index contributed by atoms with van der Waals surface area (Å²) in [5, 5.41) is 0. The van der Waals surface area contributed by atoms with Gasteiger partial charge in [0.05, 0.1) is 11.4 Å². The molecule has 0 N–H and O–H groups in total. The molecule has 1 aliphatic rings. The minimum Gasteiger partial charge on any atom is -0.265 e. The molecule has 6 nitrogen and oxygen atoms in total. The normalized spacial score (nSPS) is 15.7. The van der Waals surface area contributed by atoms with Crippen LogP contribution < -0.4 is 0 Å². The van der Waals surface area contributed by atoms with Crippen LogP contribution in [0.2, 0.25) is 0 Å². The maximum atomic E-state index is 12.5. The fourth-order valence-corrected chi connectivity index (χ4v) is 4.65. The largest absolute Gasteiger partial charge is 0.265 e. The SMILES string of the molecule is CCCCS(=O)(=O)N1CCc2ncnc(-c3ccncc3)c2CC1. The number of nitrogens with zero attached hydrogens (tertiary/aromatic N) is 4. The van der Waals surface area contributed by atoms with Gasteiger partial charge in [-0.15, -0.1) is 0 Å². The Kier molecular flexibility index (Phi) is 5.20. The number of hydrogen-bond acceptors (Lipinski definition) is 5. The molecule has 0 saturated carbocycles. The minimum absolute atomic E-state index is 0.225. The summed E-state index contributed by atoms with van der Waals surface area (Å²) in [6, 6.07) is 3.84. The predicted octanol–water partition coefficient (Wildman–Crippen LogP) is 2.07. The van der Waals surface area contributed by atoms with Crippen molar-refractivity contribution >= 4 is 10.0 Å². The monoisotopic (exact) mass is 346 g/mol. The summed E-state index contributed by atoms with van der Waals surface area (Å²) in [6.45, 7) is 2.99. The molecular formula is C17H22N4O2S. The van der Waals surface area contributed by atoms with E-state index in [9.17, 15) is 8.42 Å². The van der Waals surface area contributed by atoms with E-state index < -0.39 is 10.0 Å². The van der Waals surface area contributed by atoms with Crippen molar-refractivity contribution in [3.05, 3.63) is 42.1 Å². The van der Waals surface area contributed by atoms with Crippen molar-refractivity contribution in [2.75, 3.05) is 18.8 Å². The molecule has 0 amide bonds. The third-order valence-electron chi connectivity index (χ3n) is 4.35. The van der Waals surface area contributed by atoms with Gasteiger partial charge in [-0.1, -0.05) is 13.3 Å². The Labute approximate surface area is 143 Å². The molecule has 0 fully saturated rings. The van der Waals surface area contributed by atoms with Gasteiger partial charge >= 0.3 is 0 Å². The summed E-state index contributed by atoms with van der Waals surface area (Å²) in [7, 11) is -3.19. The van der Waals surface area contributed by atoms with Crippen molar-refractivity contribution in [1.82, 2.24) is 19.3 Å². The number of aromatic nitrogens is 3. The lowest BCUT2D eigenvalue weighted by atomic mass is 10.0. The number of fused-ring (bicyclic) bond motifs is 1. The molecule has 3 rings (SSSR count). The zero-order valence-electron chi connectivity index (χ0n) is 13.9. The highest BCUT2D eigenvalue weighted by atomic mass is 32.2. The Morgan fingerprint density at radius 3 is 2.62 bits per heavy atom. The lowest BCUT2D eigenvalue weighted by molar-refractivity contribution is 0.425. The maximum absolute atomic E-state index is 12.5. The average Bonchev–Trinajstić information content (AvgIpc) is 2.84. The van der Waals surface area contributed by atoms with Gasteiger partial charge in [0, 0.05) is 48.7 Å². The molecule has 0 saturated heterocycles. The zero-order valence-corrected chi connectivity index (χ0v) is 14.7. The van der Waals surface area contributed by atoms with Crippen LogP contribution in [0.15, 0.2) is 30.9 Å². The van der Waals surface area contributed by atoms with Gasteiger partial charge < -0.3 is 0 Å². The summed E-state index contributed by atoms with van der Waals surface area (Å²) in [5.41, 5.74) is 3.88. The Hall–Kier alpha value is -1.86. The Bertz CT molecular complexity index is 793. The fraction of sp³-hybridized carbons (Fsp3) is 0.471. The van der Waals surface area contributed by atoms with Gasteiger partial charge in [0.25, 0.3) is 0 Å². The molecule has 2 aromatic rings. The van der Waals surface area contributed by atoms with E-state index in [1.807, 2.05) is 19.1 Å². The van der Waals surface area contributed by atoms with Crippen LogP contribution in [0.5, 0.6) is 0 Å². The first-order valence-electron chi connectivity index (χ1n) is 8.33. The van der Waals surface area contributed by atoms with Gasteiger partial charge in [-0.3, -0.25) is 4.98 Å². The second-order valence-electron chi connectivity index (χ2n) is 5.95. The molecule has 24 heavy (non-hydrogen) atoms. The second kappa shape index (κ2) is 7.36. The molecule has 7 heteroatoms. The minimum atomic E-state index is -3.19. The Balaban J connectivity index is 1.87. The zero-order chi connectivity index (χ0) is 17.0. The van der Waals surface area contributed by atoms with E-state index in [-0.39, 0.29) is 5.75 Å². The standard InChI is InChI=1S/C17H22N4O2S/c1-2-3-12-24(22,23)21-10-6-15-16(7-11-21)19-13-20-17(15)14-4-8-18-9-5-14/h4-5,8-9,13H,2-3,6-7,10-12H2,1H3. The van der Waals surface area contributed by atoms with Crippen LogP contribution in [-0.2, 0) is 22.9 Å². The van der Waals surface area contributed by atoms with Crippen LogP contribution in [0.25, 0.3) is 11.3 Å². The molecule has 1 aliphatic heterocycles. The topological polar surface area (TPSA) is 76.1 Å². The highest BCUT2D eigenvalue weighted by Gasteiger charge is 2.26. The molecule has 0 aliphatic carbocycles. The van der Waals surface area contributed by atoms with Crippen molar-refractivity contribution in [1.29, 1.82) is 0 Å². The van der Waals surface area contributed by atoms with Gasteiger partial charge in [0.1, 0.15) is 6.33 Å². The van der Waals surface area contributed by atoms with Crippen molar-refractivity contribution < 1.29 is 8.42 Å². The van der Waals surface area contributed by atoms with Crippen molar-refractivity contribution in [2.24, 2.45) is 0 Å². The van der Waals surface area contributed by atoms with E-state index in [0.717, 1.165) is 28.9 Å². The van der Waals surface area contributed by atoms with Crippen LogP contribution in [0, 0.1) is 0 Å². The first-order valence-corrected chi connectivity index (χ1v) is 9.93. The average molecular weight is 346 g/mol. The van der Waals surface area contributed by atoms with Crippen LogP contribution in [0.1, 0.15) is 31.0 Å². The Morgan fingerprint density at radius 1 is 1.12 bits per heavy atom. The molecule has 0 radical (unpaired) electrons. The lowest BCUT2D eigenvalue weighted by Gasteiger charge is -2.19.